The number of hydrogen-bond acceptors (Lipinski definition) is 3. The molecule has 3 rings (SSSR count). The van der Waals surface area contributed by atoms with Gasteiger partial charge < -0.3 is 15.2 Å². The van der Waals surface area contributed by atoms with Gasteiger partial charge in [0.2, 0.25) is 5.91 Å². The lowest BCUT2D eigenvalue weighted by Crippen LogP contribution is -2.38. The maximum atomic E-state index is 13.3. The van der Waals surface area contributed by atoms with E-state index in [1.807, 2.05) is 0 Å². The van der Waals surface area contributed by atoms with Gasteiger partial charge in [-0.05, 0) is 30.5 Å². The fraction of sp³-hybridized carbons (Fsp3) is 0.467. The Morgan fingerprint density at radius 1 is 1.23 bits per heavy atom. The number of amides is 1. The molecule has 0 aromatic heterocycles. The van der Waals surface area contributed by atoms with E-state index in [-0.39, 0.29) is 11.9 Å². The number of benzene rings is 1. The van der Waals surface area contributed by atoms with E-state index >= 15 is 0 Å². The lowest BCUT2D eigenvalue weighted by atomic mass is 10.0. The van der Waals surface area contributed by atoms with Crippen molar-refractivity contribution in [3.63, 3.8) is 0 Å². The number of hydrogen-bond donors (Lipinski definition) is 2. The molecule has 22 heavy (non-hydrogen) atoms. The lowest BCUT2D eigenvalue weighted by molar-refractivity contribution is -0.140. The molecule has 1 heterocycles. The normalized spacial score (nSPS) is 30.1. The third-order valence-electron chi connectivity index (χ3n) is 4.14. The fourth-order valence-corrected chi connectivity index (χ4v) is 2.80. The smallest absolute Gasteiger partial charge is 0.307 e. The first kappa shape index (κ1) is 14.9. The van der Waals surface area contributed by atoms with Crippen molar-refractivity contribution in [2.75, 3.05) is 6.61 Å². The summed E-state index contributed by atoms with van der Waals surface area (Å²) in [6, 6.07) is 3.13. The standard InChI is InChI=1S/C15H15F2NO4/c16-10-2-1-7(5-11(10)17)13-12(3-4-22-13)18-14(19)8-6-9(8)15(20)21/h1-2,5,8-9,12-13H,3-4,6H2,(H,18,19)(H,20,21). The molecule has 4 unspecified atom stereocenters. The number of aliphatic carboxylic acids is 1. The highest BCUT2D eigenvalue weighted by Gasteiger charge is 2.49. The molecular formula is C15H15F2NO4. The van der Waals surface area contributed by atoms with Crippen LogP contribution in [0.4, 0.5) is 8.78 Å². The molecule has 1 saturated heterocycles. The summed E-state index contributed by atoms with van der Waals surface area (Å²) in [6.45, 7) is 0.391. The first-order valence-corrected chi connectivity index (χ1v) is 7.07. The van der Waals surface area contributed by atoms with Gasteiger partial charge >= 0.3 is 5.97 Å². The predicted octanol–water partition coefficient (Wildman–Crippen LogP) is 1.63. The average molecular weight is 311 g/mol. The van der Waals surface area contributed by atoms with Gasteiger partial charge in [-0.1, -0.05) is 6.07 Å². The minimum Gasteiger partial charge on any atom is -0.481 e. The highest BCUT2D eigenvalue weighted by molar-refractivity contribution is 5.89. The van der Waals surface area contributed by atoms with Gasteiger partial charge in [0.25, 0.3) is 0 Å². The molecule has 1 amide bonds. The molecule has 7 heteroatoms. The van der Waals surface area contributed by atoms with Crippen LogP contribution in [0.25, 0.3) is 0 Å². The molecule has 118 valence electrons. The molecular weight excluding hydrogens is 296 g/mol. The summed E-state index contributed by atoms with van der Waals surface area (Å²) >= 11 is 0. The summed E-state index contributed by atoms with van der Waals surface area (Å²) in [5.74, 6) is -4.33. The number of carbonyl (C=O) groups is 2. The highest BCUT2D eigenvalue weighted by atomic mass is 19.2. The maximum absolute atomic E-state index is 13.3. The molecule has 2 fully saturated rings. The summed E-state index contributed by atoms with van der Waals surface area (Å²) in [6.07, 6.45) is 0.325. The zero-order valence-corrected chi connectivity index (χ0v) is 11.6. The minimum atomic E-state index is -0.972. The quantitative estimate of drug-likeness (QED) is 0.886. The van der Waals surface area contributed by atoms with Crippen LogP contribution in [0.5, 0.6) is 0 Å². The largest absolute Gasteiger partial charge is 0.481 e. The maximum Gasteiger partial charge on any atom is 0.307 e. The van der Waals surface area contributed by atoms with Gasteiger partial charge in [0.15, 0.2) is 11.6 Å². The van der Waals surface area contributed by atoms with Gasteiger partial charge in [-0.25, -0.2) is 8.78 Å². The van der Waals surface area contributed by atoms with Gasteiger partial charge in [0.05, 0.1) is 17.9 Å². The number of carbonyl (C=O) groups excluding carboxylic acids is 1. The van der Waals surface area contributed by atoms with Gasteiger partial charge in [-0.3, -0.25) is 9.59 Å². The van der Waals surface area contributed by atoms with E-state index in [1.54, 1.807) is 0 Å². The van der Waals surface area contributed by atoms with Crippen molar-refractivity contribution in [2.45, 2.75) is 25.0 Å². The summed E-state index contributed by atoms with van der Waals surface area (Å²) in [5.41, 5.74) is 0.451. The molecule has 4 atom stereocenters. The number of ether oxygens (including phenoxy) is 1. The molecule has 2 aliphatic rings. The first-order chi connectivity index (χ1) is 10.5. The Bertz CT molecular complexity index is 622. The van der Waals surface area contributed by atoms with E-state index in [1.165, 1.54) is 6.07 Å². The van der Waals surface area contributed by atoms with Crippen LogP contribution in [0, 0.1) is 23.5 Å². The van der Waals surface area contributed by atoms with Gasteiger partial charge in [-0.2, -0.15) is 0 Å². The number of nitrogens with one attached hydrogen (secondary N) is 1. The minimum absolute atomic E-state index is 0.324. The van der Waals surface area contributed by atoms with Crippen molar-refractivity contribution in [1.82, 2.24) is 5.32 Å². The number of halogens is 2. The summed E-state index contributed by atoms with van der Waals surface area (Å²) in [5, 5.41) is 11.6. The summed E-state index contributed by atoms with van der Waals surface area (Å²) < 4.78 is 31.8. The Labute approximate surface area is 125 Å². The molecule has 0 radical (unpaired) electrons. The van der Waals surface area contributed by atoms with Crippen LogP contribution in [-0.4, -0.2) is 29.6 Å². The average Bonchev–Trinajstić information content (AvgIpc) is 3.16. The van der Waals surface area contributed by atoms with Gasteiger partial charge in [0.1, 0.15) is 6.10 Å². The van der Waals surface area contributed by atoms with E-state index in [0.29, 0.717) is 25.0 Å². The van der Waals surface area contributed by atoms with E-state index in [0.717, 1.165) is 12.1 Å². The zero-order chi connectivity index (χ0) is 15.9. The molecule has 0 bridgehead atoms. The van der Waals surface area contributed by atoms with Gasteiger partial charge in [-0.15, -0.1) is 0 Å². The number of carboxylic acids is 1. The number of carboxylic acid groups (broad SMARTS) is 1. The monoisotopic (exact) mass is 311 g/mol. The van der Waals surface area contributed by atoms with Crippen LogP contribution in [0.2, 0.25) is 0 Å². The molecule has 1 saturated carbocycles. The summed E-state index contributed by atoms with van der Waals surface area (Å²) in [4.78, 5) is 22.8. The fourth-order valence-electron chi connectivity index (χ4n) is 2.80. The van der Waals surface area contributed by atoms with E-state index < -0.39 is 35.5 Å². The molecule has 0 spiro atoms. The van der Waals surface area contributed by atoms with Crippen molar-refractivity contribution in [2.24, 2.45) is 11.8 Å². The van der Waals surface area contributed by atoms with Crippen molar-refractivity contribution < 1.29 is 28.2 Å². The second-order valence-electron chi connectivity index (χ2n) is 5.66. The van der Waals surface area contributed by atoms with E-state index in [2.05, 4.69) is 5.32 Å². The van der Waals surface area contributed by atoms with Crippen LogP contribution in [-0.2, 0) is 14.3 Å². The van der Waals surface area contributed by atoms with Crippen LogP contribution in [0.3, 0.4) is 0 Å². The second-order valence-corrected chi connectivity index (χ2v) is 5.66. The van der Waals surface area contributed by atoms with Crippen LogP contribution >= 0.6 is 0 Å². The molecule has 1 aliphatic heterocycles. The summed E-state index contributed by atoms with van der Waals surface area (Å²) in [7, 11) is 0. The van der Waals surface area contributed by atoms with Crippen LogP contribution < -0.4 is 5.32 Å². The van der Waals surface area contributed by atoms with E-state index in [4.69, 9.17) is 9.84 Å². The zero-order valence-electron chi connectivity index (χ0n) is 11.6. The Morgan fingerprint density at radius 2 is 2.00 bits per heavy atom. The van der Waals surface area contributed by atoms with Crippen molar-refractivity contribution in [1.29, 1.82) is 0 Å². The van der Waals surface area contributed by atoms with Crippen molar-refractivity contribution in [3.8, 4) is 0 Å². The highest BCUT2D eigenvalue weighted by Crippen LogP contribution is 2.39. The Hall–Kier alpha value is -2.02. The SMILES string of the molecule is O=C(O)C1CC1C(=O)NC1CCOC1c1ccc(F)c(F)c1. The molecule has 1 aliphatic carbocycles. The van der Waals surface area contributed by atoms with Crippen molar-refractivity contribution in [3.05, 3.63) is 35.4 Å². The second kappa shape index (κ2) is 5.64. The first-order valence-electron chi connectivity index (χ1n) is 7.07. The molecule has 1 aromatic carbocycles. The third kappa shape index (κ3) is 2.81. The van der Waals surface area contributed by atoms with Crippen LogP contribution in [0.15, 0.2) is 18.2 Å². The predicted molar refractivity (Wildman–Crippen MR) is 70.8 cm³/mol. The molecule has 5 nitrogen and oxygen atoms in total. The third-order valence-corrected chi connectivity index (χ3v) is 4.14. The molecule has 2 N–H and O–H groups in total. The lowest BCUT2D eigenvalue weighted by Gasteiger charge is -2.20. The van der Waals surface area contributed by atoms with Gasteiger partial charge in [0, 0.05) is 6.61 Å². The Morgan fingerprint density at radius 3 is 2.64 bits per heavy atom. The topological polar surface area (TPSA) is 75.6 Å². The van der Waals surface area contributed by atoms with E-state index in [9.17, 15) is 18.4 Å². The van der Waals surface area contributed by atoms with Crippen LogP contribution in [0.1, 0.15) is 24.5 Å². The Kier molecular flexibility index (Phi) is 3.82. The van der Waals surface area contributed by atoms with Crippen molar-refractivity contribution >= 4 is 11.9 Å². The Balaban J connectivity index is 1.67. The number of rotatable bonds is 4. The molecule has 1 aromatic rings.